The van der Waals surface area contributed by atoms with Crippen molar-refractivity contribution in [1.82, 2.24) is 0 Å². The smallest absolute Gasteiger partial charge is 0.331 e. The summed E-state index contributed by atoms with van der Waals surface area (Å²) in [5, 5.41) is 0. The van der Waals surface area contributed by atoms with Crippen LogP contribution in [-0.2, 0) is 38.3 Å². The van der Waals surface area contributed by atoms with Crippen molar-refractivity contribution in [1.29, 1.82) is 0 Å². The quantitative estimate of drug-likeness (QED) is 0.0339. The average Bonchev–Trinajstić information content (AvgIpc) is 3.35. The van der Waals surface area contributed by atoms with Gasteiger partial charge in [0.1, 0.15) is 12.1 Å². The number of hydrogen-bond acceptors (Lipinski definition) is 13. The number of methoxy groups -OCH3 is 9. The average molecular weight is 929 g/mol. The zero-order valence-corrected chi connectivity index (χ0v) is 41.0. The molecule has 0 saturated carbocycles. The standard InChI is InChI=1S/C52H68N2O13/c1-53(22-18-35-28-43(59-5)45(61-7)32-38(35)40(53)26-34-14-15-41(57-3)42(27-34)58-4)20-12-24-66-49(55)16-17-50(56)67-25-13-21-54(2)23-19-36-29-44(60-6)46(62-8)33-39(36)51(54)37-30-47(63-9)52(65-11)48(31-37)64-10/h14-17,27-33,40,51H,12-13,18-26H2,1-11H3/q+2. The van der Waals surface area contributed by atoms with Gasteiger partial charge in [0.25, 0.3) is 0 Å². The van der Waals surface area contributed by atoms with Crippen LogP contribution in [0.2, 0.25) is 0 Å². The molecular formula is C52H68N2O13+2. The molecule has 4 aromatic carbocycles. The first-order valence-electron chi connectivity index (χ1n) is 22.5. The summed E-state index contributed by atoms with van der Waals surface area (Å²) in [5.74, 6) is 4.43. The summed E-state index contributed by atoms with van der Waals surface area (Å²) in [7, 11) is 19.1. The van der Waals surface area contributed by atoms with E-state index >= 15 is 0 Å². The summed E-state index contributed by atoms with van der Waals surface area (Å²) < 4.78 is 63.6. The number of fused-ring (bicyclic) bond motifs is 2. The van der Waals surface area contributed by atoms with Gasteiger partial charge in [-0.3, -0.25) is 0 Å². The van der Waals surface area contributed by atoms with Crippen LogP contribution in [0.1, 0.15) is 58.3 Å². The highest BCUT2D eigenvalue weighted by Gasteiger charge is 2.43. The van der Waals surface area contributed by atoms with Crippen molar-refractivity contribution in [3.63, 3.8) is 0 Å². The van der Waals surface area contributed by atoms with E-state index in [0.717, 1.165) is 73.3 Å². The summed E-state index contributed by atoms with van der Waals surface area (Å²) in [4.78, 5) is 25.7. The Morgan fingerprint density at radius 2 is 0.970 bits per heavy atom. The molecule has 0 saturated heterocycles. The maximum absolute atomic E-state index is 12.9. The monoisotopic (exact) mass is 928 g/mol. The van der Waals surface area contributed by atoms with Gasteiger partial charge in [0, 0.05) is 60.9 Å². The predicted molar refractivity (Wildman–Crippen MR) is 253 cm³/mol. The SMILES string of the molecule is COc1ccc(CC2c3cc(OC)c(OC)cc3CC[N+]2(C)CCCOC(=O)C=CC(=O)OCCC[N+]2(C)CCc3cc(OC)c(OC)cc3C2c2cc(OC)c(OC)c(OC)c2)cc1OC. The minimum Gasteiger partial charge on any atom is -0.493 e. The summed E-state index contributed by atoms with van der Waals surface area (Å²) in [6, 6.07) is 18.2. The number of quaternary nitrogens is 2. The number of hydrogen-bond donors (Lipinski definition) is 0. The van der Waals surface area contributed by atoms with Gasteiger partial charge < -0.3 is 61.1 Å². The highest BCUT2D eigenvalue weighted by Crippen LogP contribution is 2.48. The van der Waals surface area contributed by atoms with Crippen molar-refractivity contribution in [2.75, 3.05) is 117 Å². The fourth-order valence-electron chi connectivity index (χ4n) is 9.88. The van der Waals surface area contributed by atoms with E-state index in [1.807, 2.05) is 36.4 Å². The zero-order chi connectivity index (χ0) is 48.3. The Morgan fingerprint density at radius 3 is 1.48 bits per heavy atom. The third-order valence-electron chi connectivity index (χ3n) is 13.5. The van der Waals surface area contributed by atoms with Gasteiger partial charge in [-0.25, -0.2) is 9.59 Å². The summed E-state index contributed by atoms with van der Waals surface area (Å²) in [6.07, 6.45) is 5.83. The molecule has 0 aromatic heterocycles. The molecule has 4 atom stereocenters. The van der Waals surface area contributed by atoms with Gasteiger partial charge >= 0.3 is 11.9 Å². The third-order valence-corrected chi connectivity index (χ3v) is 13.5. The Hall–Kier alpha value is -6.32. The fraction of sp³-hybridized carbons (Fsp3) is 0.462. The fourth-order valence-corrected chi connectivity index (χ4v) is 9.88. The summed E-state index contributed by atoms with van der Waals surface area (Å²) >= 11 is 0. The molecule has 0 aliphatic carbocycles. The lowest BCUT2D eigenvalue weighted by Gasteiger charge is -2.46. The van der Waals surface area contributed by atoms with Crippen molar-refractivity contribution < 1.29 is 70.7 Å². The number of esters is 2. The van der Waals surface area contributed by atoms with E-state index in [4.69, 9.17) is 52.1 Å². The number of ether oxygens (including phenoxy) is 11. The molecule has 0 fully saturated rings. The normalized spacial score (nSPS) is 19.6. The van der Waals surface area contributed by atoms with E-state index in [0.29, 0.717) is 80.1 Å². The molecule has 0 spiro atoms. The Morgan fingerprint density at radius 1 is 0.522 bits per heavy atom. The van der Waals surface area contributed by atoms with Gasteiger partial charge in [0.15, 0.2) is 46.0 Å². The molecule has 67 heavy (non-hydrogen) atoms. The predicted octanol–water partition coefficient (Wildman–Crippen LogP) is 7.27. The highest BCUT2D eigenvalue weighted by atomic mass is 16.5. The van der Waals surface area contributed by atoms with Gasteiger partial charge in [-0.2, -0.15) is 0 Å². The number of nitrogens with zero attached hydrogens (tertiary/aromatic N) is 2. The van der Waals surface area contributed by atoms with Crippen molar-refractivity contribution in [3.05, 3.63) is 100 Å². The van der Waals surface area contributed by atoms with Crippen LogP contribution in [0, 0.1) is 0 Å². The van der Waals surface area contributed by atoms with Crippen LogP contribution in [0.25, 0.3) is 0 Å². The van der Waals surface area contributed by atoms with E-state index in [1.54, 1.807) is 64.0 Å². The molecule has 6 rings (SSSR count). The van der Waals surface area contributed by atoms with Crippen molar-refractivity contribution in [2.24, 2.45) is 0 Å². The first kappa shape index (κ1) is 50.1. The molecule has 0 bridgehead atoms. The van der Waals surface area contributed by atoms with Crippen LogP contribution in [0.4, 0.5) is 0 Å². The van der Waals surface area contributed by atoms with Crippen LogP contribution in [0.3, 0.4) is 0 Å². The van der Waals surface area contributed by atoms with Crippen LogP contribution < -0.4 is 42.6 Å². The molecule has 2 aliphatic heterocycles. The first-order chi connectivity index (χ1) is 32.3. The maximum Gasteiger partial charge on any atom is 0.331 e. The van der Waals surface area contributed by atoms with Crippen molar-refractivity contribution in [3.8, 4) is 51.7 Å². The molecule has 0 radical (unpaired) electrons. The van der Waals surface area contributed by atoms with Crippen LogP contribution in [0.5, 0.6) is 51.7 Å². The number of carbonyl (C=O) groups excluding carboxylic acids is 2. The number of likely N-dealkylation sites (N-methyl/N-ethyl adjacent to an activating group) is 2. The second kappa shape index (κ2) is 22.4. The second-order valence-electron chi connectivity index (χ2n) is 17.3. The molecule has 0 amide bonds. The van der Waals surface area contributed by atoms with Gasteiger partial charge in [0.2, 0.25) is 5.75 Å². The lowest BCUT2D eigenvalue weighted by Crippen LogP contribution is -2.52. The van der Waals surface area contributed by atoms with Crippen LogP contribution in [0.15, 0.2) is 66.7 Å². The topological polar surface area (TPSA) is 136 Å². The first-order valence-corrected chi connectivity index (χ1v) is 22.5. The molecule has 2 aliphatic rings. The number of benzene rings is 4. The van der Waals surface area contributed by atoms with Gasteiger partial charge in [-0.05, 0) is 65.2 Å². The molecule has 362 valence electrons. The minimum absolute atomic E-state index is 0.0651. The van der Waals surface area contributed by atoms with Gasteiger partial charge in [-0.1, -0.05) is 6.07 Å². The Kier molecular flexibility index (Phi) is 16.8. The Labute approximate surface area is 395 Å². The molecule has 2 heterocycles. The van der Waals surface area contributed by atoms with E-state index < -0.39 is 11.9 Å². The molecule has 0 N–H and O–H groups in total. The highest BCUT2D eigenvalue weighted by molar-refractivity contribution is 5.91. The van der Waals surface area contributed by atoms with Crippen molar-refractivity contribution >= 4 is 11.9 Å². The molecule has 15 heteroatoms. The number of rotatable bonds is 22. The maximum atomic E-state index is 12.9. The Balaban J connectivity index is 1.07. The van der Waals surface area contributed by atoms with Crippen LogP contribution in [-0.4, -0.2) is 138 Å². The summed E-state index contributed by atoms with van der Waals surface area (Å²) in [5.41, 5.74) is 6.73. The number of carbonyl (C=O) groups is 2. The van der Waals surface area contributed by atoms with Gasteiger partial charge in [-0.15, -0.1) is 0 Å². The van der Waals surface area contributed by atoms with E-state index in [-0.39, 0.29) is 25.3 Å². The minimum atomic E-state index is -0.614. The lowest BCUT2D eigenvalue weighted by molar-refractivity contribution is -0.941. The molecule has 15 nitrogen and oxygen atoms in total. The third kappa shape index (κ3) is 11.1. The van der Waals surface area contributed by atoms with E-state index in [2.05, 4.69) is 32.3 Å². The van der Waals surface area contributed by atoms with Crippen LogP contribution >= 0.6 is 0 Å². The van der Waals surface area contributed by atoms with E-state index in [1.165, 1.54) is 11.1 Å². The molecular weight excluding hydrogens is 861 g/mol. The van der Waals surface area contributed by atoms with Crippen molar-refractivity contribution in [2.45, 2.75) is 44.2 Å². The largest absolute Gasteiger partial charge is 0.493 e. The summed E-state index contributed by atoms with van der Waals surface area (Å²) in [6.45, 7) is 3.46. The molecule has 4 aromatic rings. The van der Waals surface area contributed by atoms with Gasteiger partial charge in [0.05, 0.1) is 117 Å². The zero-order valence-electron chi connectivity index (χ0n) is 41.0. The second-order valence-corrected chi connectivity index (χ2v) is 17.3. The van der Waals surface area contributed by atoms with E-state index in [9.17, 15) is 9.59 Å². The molecule has 4 unspecified atom stereocenters. The lowest BCUT2D eigenvalue weighted by atomic mass is 9.85. The Bertz CT molecular complexity index is 2380.